The minimum atomic E-state index is -1.61. The van der Waals surface area contributed by atoms with E-state index in [1.54, 1.807) is 0 Å². The van der Waals surface area contributed by atoms with Crippen LogP contribution in [0.15, 0.2) is 12.1 Å². The lowest BCUT2D eigenvalue weighted by Crippen LogP contribution is -2.39. The van der Waals surface area contributed by atoms with Gasteiger partial charge in [0.25, 0.3) is 5.91 Å². The summed E-state index contributed by atoms with van der Waals surface area (Å²) in [5, 5.41) is 3.23. The van der Waals surface area contributed by atoms with E-state index in [9.17, 15) is 18.0 Å². The second-order valence-electron chi connectivity index (χ2n) is 5.12. The lowest BCUT2D eigenvalue weighted by atomic mass is 9.99. The van der Waals surface area contributed by atoms with Gasteiger partial charge in [-0.2, -0.15) is 0 Å². The van der Waals surface area contributed by atoms with Gasteiger partial charge in [-0.3, -0.25) is 4.79 Å². The molecular formula is C14H17F3N2O. The van der Waals surface area contributed by atoms with Crippen molar-refractivity contribution in [2.45, 2.75) is 12.8 Å². The van der Waals surface area contributed by atoms with E-state index in [-0.39, 0.29) is 0 Å². The second kappa shape index (κ2) is 6.26. The third-order valence-electron chi connectivity index (χ3n) is 3.54. The molecule has 1 saturated heterocycles. The van der Waals surface area contributed by atoms with Crippen molar-refractivity contribution in [2.24, 2.45) is 5.92 Å². The van der Waals surface area contributed by atoms with Crippen molar-refractivity contribution in [1.82, 2.24) is 10.2 Å². The van der Waals surface area contributed by atoms with Gasteiger partial charge in [-0.15, -0.1) is 0 Å². The first-order valence-electron chi connectivity index (χ1n) is 6.60. The first kappa shape index (κ1) is 14.8. The Morgan fingerprint density at radius 1 is 1.35 bits per heavy atom. The van der Waals surface area contributed by atoms with Gasteiger partial charge >= 0.3 is 0 Å². The Morgan fingerprint density at radius 3 is 2.75 bits per heavy atom. The van der Waals surface area contributed by atoms with Gasteiger partial charge in [0.15, 0.2) is 17.5 Å². The first-order chi connectivity index (χ1) is 9.50. The minimum Gasteiger partial charge on any atom is -0.341 e. The summed E-state index contributed by atoms with van der Waals surface area (Å²) in [6.45, 7) is 2.23. The van der Waals surface area contributed by atoms with Gasteiger partial charge in [0.2, 0.25) is 0 Å². The molecule has 1 atom stereocenters. The fraction of sp³-hybridized carbons (Fsp3) is 0.500. The van der Waals surface area contributed by atoms with Crippen molar-refractivity contribution >= 4 is 5.91 Å². The van der Waals surface area contributed by atoms with Crippen LogP contribution in [0.4, 0.5) is 13.2 Å². The zero-order chi connectivity index (χ0) is 14.7. The summed E-state index contributed by atoms with van der Waals surface area (Å²) in [5.41, 5.74) is -0.435. The molecule has 1 aromatic rings. The Kier molecular flexibility index (Phi) is 4.65. The maximum atomic E-state index is 13.6. The van der Waals surface area contributed by atoms with E-state index < -0.39 is 28.9 Å². The second-order valence-corrected chi connectivity index (χ2v) is 5.12. The van der Waals surface area contributed by atoms with Crippen LogP contribution in [0.1, 0.15) is 23.2 Å². The van der Waals surface area contributed by atoms with E-state index in [1.807, 2.05) is 0 Å². The molecule has 1 amide bonds. The van der Waals surface area contributed by atoms with E-state index in [4.69, 9.17) is 0 Å². The lowest BCUT2D eigenvalue weighted by Gasteiger charge is -2.27. The van der Waals surface area contributed by atoms with E-state index in [0.29, 0.717) is 12.5 Å². The average molecular weight is 286 g/mol. The highest BCUT2D eigenvalue weighted by molar-refractivity contribution is 5.94. The van der Waals surface area contributed by atoms with Crippen LogP contribution in [-0.4, -0.2) is 37.5 Å². The number of nitrogens with one attached hydrogen (secondary N) is 1. The molecule has 20 heavy (non-hydrogen) atoms. The Labute approximate surface area is 115 Å². The zero-order valence-corrected chi connectivity index (χ0v) is 11.3. The van der Waals surface area contributed by atoms with Gasteiger partial charge < -0.3 is 10.2 Å². The maximum Gasteiger partial charge on any atom is 0.256 e. The molecule has 0 spiro atoms. The molecule has 1 fully saturated rings. The van der Waals surface area contributed by atoms with Crippen LogP contribution >= 0.6 is 0 Å². The molecule has 1 N–H and O–H groups in total. The summed E-state index contributed by atoms with van der Waals surface area (Å²) in [6, 6.07) is 1.74. The van der Waals surface area contributed by atoms with E-state index in [2.05, 4.69) is 5.32 Å². The Bertz CT molecular complexity index is 501. The van der Waals surface area contributed by atoms with Crippen molar-refractivity contribution < 1.29 is 18.0 Å². The topological polar surface area (TPSA) is 32.3 Å². The quantitative estimate of drug-likeness (QED) is 0.864. The van der Waals surface area contributed by atoms with Gasteiger partial charge in [0.1, 0.15) is 0 Å². The number of rotatable bonds is 3. The highest BCUT2D eigenvalue weighted by Crippen LogP contribution is 2.18. The van der Waals surface area contributed by atoms with E-state index in [0.717, 1.165) is 38.1 Å². The lowest BCUT2D eigenvalue weighted by molar-refractivity contribution is 0.0758. The average Bonchev–Trinajstić information content (AvgIpc) is 2.45. The Morgan fingerprint density at radius 2 is 2.10 bits per heavy atom. The highest BCUT2D eigenvalue weighted by Gasteiger charge is 2.23. The monoisotopic (exact) mass is 286 g/mol. The number of carbonyl (C=O) groups excluding carboxylic acids is 1. The van der Waals surface area contributed by atoms with Gasteiger partial charge in [0.05, 0.1) is 5.56 Å². The first-order valence-corrected chi connectivity index (χ1v) is 6.60. The number of amides is 1. The minimum absolute atomic E-state index is 0.297. The molecule has 0 radical (unpaired) electrons. The van der Waals surface area contributed by atoms with Crippen molar-refractivity contribution in [3.8, 4) is 0 Å². The van der Waals surface area contributed by atoms with E-state index >= 15 is 0 Å². The van der Waals surface area contributed by atoms with Crippen molar-refractivity contribution in [2.75, 3.05) is 26.7 Å². The van der Waals surface area contributed by atoms with Crippen LogP contribution < -0.4 is 5.32 Å². The van der Waals surface area contributed by atoms with Crippen LogP contribution in [0.25, 0.3) is 0 Å². The van der Waals surface area contributed by atoms with Crippen LogP contribution in [0, 0.1) is 23.4 Å². The van der Waals surface area contributed by atoms with Gasteiger partial charge in [-0.05, 0) is 44.0 Å². The van der Waals surface area contributed by atoms with Crippen molar-refractivity contribution in [1.29, 1.82) is 0 Å². The van der Waals surface area contributed by atoms with Crippen LogP contribution in [0.3, 0.4) is 0 Å². The molecule has 1 aliphatic rings. The molecule has 110 valence electrons. The van der Waals surface area contributed by atoms with E-state index in [1.165, 1.54) is 11.9 Å². The fourth-order valence-electron chi connectivity index (χ4n) is 2.45. The normalized spacial score (nSPS) is 18.9. The summed E-state index contributed by atoms with van der Waals surface area (Å²) in [7, 11) is 1.54. The molecule has 3 nitrogen and oxygen atoms in total. The molecule has 6 heteroatoms. The fourth-order valence-corrected chi connectivity index (χ4v) is 2.45. The molecule has 1 aromatic carbocycles. The summed E-state index contributed by atoms with van der Waals surface area (Å²) >= 11 is 0. The SMILES string of the molecule is CN(CC1CCCNC1)C(=O)c1ccc(F)c(F)c1F. The number of benzene rings is 1. The van der Waals surface area contributed by atoms with Crippen LogP contribution in [0.5, 0.6) is 0 Å². The predicted molar refractivity (Wildman–Crippen MR) is 68.9 cm³/mol. The summed E-state index contributed by atoms with van der Waals surface area (Å²) in [5.74, 6) is -4.66. The smallest absolute Gasteiger partial charge is 0.256 e. The van der Waals surface area contributed by atoms with Crippen LogP contribution in [0.2, 0.25) is 0 Å². The Hall–Kier alpha value is -1.56. The molecular weight excluding hydrogens is 269 g/mol. The summed E-state index contributed by atoms with van der Waals surface area (Å²) in [4.78, 5) is 13.4. The number of carbonyl (C=O) groups is 1. The van der Waals surface area contributed by atoms with Crippen molar-refractivity contribution in [3.63, 3.8) is 0 Å². The molecule has 2 rings (SSSR count). The molecule has 0 saturated carbocycles. The molecule has 1 heterocycles. The standard InChI is InChI=1S/C14H17F3N2O/c1-19(8-9-3-2-6-18-7-9)14(20)10-4-5-11(15)13(17)12(10)16/h4-5,9,18H,2-3,6-8H2,1H3. The maximum absolute atomic E-state index is 13.6. The highest BCUT2D eigenvalue weighted by atomic mass is 19.2. The van der Waals surface area contributed by atoms with Crippen molar-refractivity contribution in [3.05, 3.63) is 35.1 Å². The third-order valence-corrected chi connectivity index (χ3v) is 3.54. The number of halogens is 3. The number of nitrogens with zero attached hydrogens (tertiary/aromatic N) is 1. The number of piperidine rings is 1. The molecule has 0 aliphatic carbocycles. The molecule has 1 unspecified atom stereocenters. The Balaban J connectivity index is 2.08. The third kappa shape index (κ3) is 3.12. The largest absolute Gasteiger partial charge is 0.341 e. The molecule has 0 aromatic heterocycles. The summed E-state index contributed by atoms with van der Waals surface area (Å²) < 4.78 is 39.6. The number of hydrogen-bond donors (Lipinski definition) is 1. The zero-order valence-electron chi connectivity index (χ0n) is 11.3. The van der Waals surface area contributed by atoms with Gasteiger partial charge in [-0.1, -0.05) is 0 Å². The molecule has 0 bridgehead atoms. The summed E-state index contributed by atoms with van der Waals surface area (Å²) in [6.07, 6.45) is 2.02. The number of hydrogen-bond acceptors (Lipinski definition) is 2. The molecule has 1 aliphatic heterocycles. The van der Waals surface area contributed by atoms with Gasteiger partial charge in [0, 0.05) is 13.6 Å². The van der Waals surface area contributed by atoms with Crippen LogP contribution in [-0.2, 0) is 0 Å². The predicted octanol–water partition coefficient (Wildman–Crippen LogP) is 2.18. The van der Waals surface area contributed by atoms with Gasteiger partial charge in [-0.25, -0.2) is 13.2 Å².